The van der Waals surface area contributed by atoms with Gasteiger partial charge in [-0.3, -0.25) is 4.79 Å². The zero-order valence-electron chi connectivity index (χ0n) is 10.4. The second kappa shape index (κ2) is 4.65. The highest BCUT2D eigenvalue weighted by Crippen LogP contribution is 2.36. The van der Waals surface area contributed by atoms with E-state index in [-0.39, 0.29) is 12.2 Å². The van der Waals surface area contributed by atoms with Crippen LogP contribution in [0.5, 0.6) is 0 Å². The predicted molar refractivity (Wildman–Crippen MR) is 66.2 cm³/mol. The van der Waals surface area contributed by atoms with Gasteiger partial charge in [0.2, 0.25) is 0 Å². The van der Waals surface area contributed by atoms with Crippen LogP contribution in [0.15, 0.2) is 6.07 Å². The Morgan fingerprint density at radius 3 is 2.47 bits per heavy atom. The van der Waals surface area contributed by atoms with Crippen LogP contribution in [0.25, 0.3) is 0 Å². The number of carboxylic acid groups (broad SMARTS) is 1. The summed E-state index contributed by atoms with van der Waals surface area (Å²) in [4.78, 5) is 10.8. The van der Waals surface area contributed by atoms with Crippen molar-refractivity contribution in [3.8, 4) is 0 Å². The molecule has 0 aliphatic heterocycles. The monoisotopic (exact) mass is 258 g/mol. The van der Waals surface area contributed by atoms with Crippen molar-refractivity contribution >= 4 is 17.6 Å². The summed E-state index contributed by atoms with van der Waals surface area (Å²) in [6.45, 7) is 6.76. The second-order valence-corrected chi connectivity index (χ2v) is 5.35. The summed E-state index contributed by atoms with van der Waals surface area (Å²) >= 11 is 6.02. The van der Waals surface area contributed by atoms with E-state index in [9.17, 15) is 9.18 Å². The van der Waals surface area contributed by atoms with Gasteiger partial charge in [-0.2, -0.15) is 0 Å². The quantitative estimate of drug-likeness (QED) is 0.894. The smallest absolute Gasteiger partial charge is 0.304 e. The van der Waals surface area contributed by atoms with E-state index in [0.717, 1.165) is 0 Å². The standard InChI is InChI=1S/C13H16ClFO2/c1-7-5-9(14)8(2)11(12(7)15)13(3,4)6-10(16)17/h5H,6H2,1-4H3,(H,16,17). The Kier molecular flexibility index (Phi) is 3.82. The van der Waals surface area contributed by atoms with Crippen LogP contribution in [0.1, 0.15) is 37.0 Å². The number of aliphatic carboxylic acids is 1. The van der Waals surface area contributed by atoms with E-state index in [4.69, 9.17) is 16.7 Å². The SMILES string of the molecule is Cc1cc(Cl)c(C)c(C(C)(C)CC(=O)O)c1F. The average Bonchev–Trinajstić information content (AvgIpc) is 2.12. The molecule has 0 saturated heterocycles. The number of carbonyl (C=O) groups is 1. The summed E-state index contributed by atoms with van der Waals surface area (Å²) in [6, 6.07) is 1.56. The van der Waals surface area contributed by atoms with Crippen molar-refractivity contribution < 1.29 is 14.3 Å². The third kappa shape index (κ3) is 2.78. The highest BCUT2D eigenvalue weighted by molar-refractivity contribution is 6.31. The van der Waals surface area contributed by atoms with Crippen LogP contribution in [-0.2, 0) is 10.2 Å². The molecule has 17 heavy (non-hydrogen) atoms. The van der Waals surface area contributed by atoms with Gasteiger partial charge >= 0.3 is 5.97 Å². The van der Waals surface area contributed by atoms with Crippen molar-refractivity contribution in [1.82, 2.24) is 0 Å². The molecule has 94 valence electrons. The molecule has 0 spiro atoms. The fraction of sp³-hybridized carbons (Fsp3) is 0.462. The van der Waals surface area contributed by atoms with Crippen molar-refractivity contribution in [2.75, 3.05) is 0 Å². The first-order chi connectivity index (χ1) is 7.66. The number of benzene rings is 1. The van der Waals surface area contributed by atoms with Crippen LogP contribution < -0.4 is 0 Å². The van der Waals surface area contributed by atoms with Gasteiger partial charge in [0.1, 0.15) is 5.82 Å². The van der Waals surface area contributed by atoms with E-state index < -0.39 is 11.4 Å². The van der Waals surface area contributed by atoms with Gasteiger partial charge in [0, 0.05) is 10.4 Å². The highest BCUT2D eigenvalue weighted by atomic mass is 35.5. The van der Waals surface area contributed by atoms with Crippen LogP contribution in [0.4, 0.5) is 4.39 Å². The molecule has 0 radical (unpaired) electrons. The molecule has 0 aliphatic carbocycles. The second-order valence-electron chi connectivity index (χ2n) is 4.94. The number of halogens is 2. The van der Waals surface area contributed by atoms with Crippen LogP contribution in [0.2, 0.25) is 5.02 Å². The predicted octanol–water partition coefficient (Wildman–Crippen LogP) is 3.85. The van der Waals surface area contributed by atoms with Crippen LogP contribution in [0, 0.1) is 19.7 Å². The Hall–Kier alpha value is -1.09. The molecule has 0 bridgehead atoms. The molecule has 0 saturated carbocycles. The summed E-state index contributed by atoms with van der Waals surface area (Å²) in [7, 11) is 0. The zero-order valence-corrected chi connectivity index (χ0v) is 11.2. The molecule has 1 rings (SSSR count). The van der Waals surface area contributed by atoms with Crippen molar-refractivity contribution in [3.63, 3.8) is 0 Å². The summed E-state index contributed by atoms with van der Waals surface area (Å²) in [5, 5.41) is 9.35. The molecule has 0 amide bonds. The maximum Gasteiger partial charge on any atom is 0.304 e. The maximum absolute atomic E-state index is 14.1. The lowest BCUT2D eigenvalue weighted by Gasteiger charge is -2.27. The molecule has 0 aliphatic rings. The zero-order chi connectivity index (χ0) is 13.4. The molecule has 4 heteroatoms. The van der Waals surface area contributed by atoms with Gasteiger partial charge in [-0.05, 0) is 36.6 Å². The van der Waals surface area contributed by atoms with Gasteiger partial charge in [0.15, 0.2) is 0 Å². The minimum atomic E-state index is -0.952. The third-order valence-electron chi connectivity index (χ3n) is 2.91. The third-order valence-corrected chi connectivity index (χ3v) is 3.30. The van der Waals surface area contributed by atoms with Gasteiger partial charge in [0.25, 0.3) is 0 Å². The van der Waals surface area contributed by atoms with Crippen molar-refractivity contribution in [2.24, 2.45) is 0 Å². The van der Waals surface area contributed by atoms with E-state index in [2.05, 4.69) is 0 Å². The molecule has 1 aromatic carbocycles. The number of aryl methyl sites for hydroxylation is 1. The molecule has 1 aromatic rings. The largest absolute Gasteiger partial charge is 0.481 e. The Bertz CT molecular complexity index is 441. The number of rotatable bonds is 3. The molecule has 0 aromatic heterocycles. The van der Waals surface area contributed by atoms with Crippen LogP contribution >= 0.6 is 11.6 Å². The van der Waals surface area contributed by atoms with E-state index in [1.165, 1.54) is 0 Å². The maximum atomic E-state index is 14.1. The topological polar surface area (TPSA) is 37.3 Å². The van der Waals surface area contributed by atoms with E-state index >= 15 is 0 Å². The van der Waals surface area contributed by atoms with Gasteiger partial charge < -0.3 is 5.11 Å². The molecule has 0 unspecified atom stereocenters. The summed E-state index contributed by atoms with van der Waals surface area (Å²) in [5.41, 5.74) is 0.662. The Morgan fingerprint density at radius 2 is 2.00 bits per heavy atom. The average molecular weight is 259 g/mol. The highest BCUT2D eigenvalue weighted by Gasteiger charge is 2.30. The minimum Gasteiger partial charge on any atom is -0.481 e. The molecule has 0 heterocycles. The van der Waals surface area contributed by atoms with Gasteiger partial charge in [0.05, 0.1) is 6.42 Å². The molecule has 1 N–H and O–H groups in total. The summed E-state index contributed by atoms with van der Waals surface area (Å²) < 4.78 is 14.1. The minimum absolute atomic E-state index is 0.134. The Balaban J connectivity index is 3.44. The Labute approximate surface area is 105 Å². The fourth-order valence-electron chi connectivity index (χ4n) is 2.11. The van der Waals surface area contributed by atoms with Gasteiger partial charge in [-0.15, -0.1) is 0 Å². The number of carboxylic acids is 1. The van der Waals surface area contributed by atoms with E-state index in [1.807, 2.05) is 0 Å². The van der Waals surface area contributed by atoms with Crippen LogP contribution in [0.3, 0.4) is 0 Å². The van der Waals surface area contributed by atoms with Crippen molar-refractivity contribution in [3.05, 3.63) is 33.6 Å². The van der Waals surface area contributed by atoms with E-state index in [0.29, 0.717) is 21.7 Å². The first-order valence-corrected chi connectivity index (χ1v) is 5.72. The van der Waals surface area contributed by atoms with Crippen LogP contribution in [-0.4, -0.2) is 11.1 Å². The first-order valence-electron chi connectivity index (χ1n) is 5.34. The normalized spacial score (nSPS) is 11.6. The molecular formula is C13H16ClFO2. The molecular weight excluding hydrogens is 243 g/mol. The number of hydrogen-bond acceptors (Lipinski definition) is 1. The first kappa shape index (κ1) is 14.0. The lowest BCUT2D eigenvalue weighted by atomic mass is 9.78. The van der Waals surface area contributed by atoms with Gasteiger partial charge in [-0.1, -0.05) is 25.4 Å². The fourth-order valence-corrected chi connectivity index (χ4v) is 2.37. The molecule has 2 nitrogen and oxygen atoms in total. The molecule has 0 atom stereocenters. The lowest BCUT2D eigenvalue weighted by Crippen LogP contribution is -2.25. The van der Waals surface area contributed by atoms with Crippen molar-refractivity contribution in [1.29, 1.82) is 0 Å². The molecule has 0 fully saturated rings. The number of hydrogen-bond donors (Lipinski definition) is 1. The van der Waals surface area contributed by atoms with Crippen molar-refractivity contribution in [2.45, 2.75) is 39.5 Å². The summed E-state index contributed by atoms with van der Waals surface area (Å²) in [5.74, 6) is -1.32. The van der Waals surface area contributed by atoms with E-state index in [1.54, 1.807) is 33.8 Å². The lowest BCUT2D eigenvalue weighted by molar-refractivity contribution is -0.138. The summed E-state index contributed by atoms with van der Waals surface area (Å²) in [6.07, 6.45) is -0.134. The Morgan fingerprint density at radius 1 is 1.47 bits per heavy atom. The van der Waals surface area contributed by atoms with Gasteiger partial charge in [-0.25, -0.2) is 4.39 Å².